The van der Waals surface area contributed by atoms with Crippen molar-refractivity contribution in [3.8, 4) is 0 Å². The Kier molecular flexibility index (Phi) is 5.16. The lowest BCUT2D eigenvalue weighted by Gasteiger charge is -2.12. The van der Waals surface area contributed by atoms with Gasteiger partial charge in [-0.05, 0) is 18.1 Å². The molecule has 0 bridgehead atoms. The van der Waals surface area contributed by atoms with Gasteiger partial charge in [0.25, 0.3) is 0 Å². The van der Waals surface area contributed by atoms with E-state index in [1.54, 1.807) is 7.11 Å². The fourth-order valence-corrected chi connectivity index (χ4v) is 3.53. The molecule has 2 atom stereocenters. The van der Waals surface area contributed by atoms with Crippen LogP contribution >= 0.6 is 23.4 Å². The van der Waals surface area contributed by atoms with Crippen molar-refractivity contribution in [2.75, 3.05) is 26.8 Å². The molecule has 0 fully saturated rings. The second-order valence-electron chi connectivity index (χ2n) is 4.26. The monoisotopic (exact) mass is 271 g/mol. The zero-order chi connectivity index (χ0) is 12.1. The molecule has 1 aromatic rings. The van der Waals surface area contributed by atoms with Gasteiger partial charge in [-0.25, -0.2) is 0 Å². The van der Waals surface area contributed by atoms with Gasteiger partial charge in [-0.15, -0.1) is 23.4 Å². The van der Waals surface area contributed by atoms with Gasteiger partial charge in [0, 0.05) is 30.3 Å². The van der Waals surface area contributed by atoms with Gasteiger partial charge in [-0.3, -0.25) is 0 Å². The molecule has 2 unspecified atom stereocenters. The molecule has 94 valence electrons. The third-order valence-corrected chi connectivity index (χ3v) is 4.40. The summed E-state index contributed by atoms with van der Waals surface area (Å²) in [5, 5.41) is 4.12. The van der Waals surface area contributed by atoms with E-state index in [-0.39, 0.29) is 5.38 Å². The fourth-order valence-electron chi connectivity index (χ4n) is 2.01. The molecule has 0 aliphatic carbocycles. The van der Waals surface area contributed by atoms with Crippen LogP contribution in [0, 0.1) is 0 Å². The van der Waals surface area contributed by atoms with Crippen LogP contribution in [0.3, 0.4) is 0 Å². The molecule has 1 aliphatic rings. The summed E-state index contributed by atoms with van der Waals surface area (Å²) in [6.45, 7) is 2.42. The maximum Gasteiger partial charge on any atom is 0.0693 e. The molecule has 0 saturated carbocycles. The van der Waals surface area contributed by atoms with Crippen LogP contribution in [-0.4, -0.2) is 37.4 Å². The van der Waals surface area contributed by atoms with Gasteiger partial charge >= 0.3 is 0 Å². The Morgan fingerprint density at radius 3 is 3.12 bits per heavy atom. The summed E-state index contributed by atoms with van der Waals surface area (Å²) in [5.74, 6) is 0. The average molecular weight is 272 g/mol. The van der Waals surface area contributed by atoms with Crippen LogP contribution < -0.4 is 5.32 Å². The lowest BCUT2D eigenvalue weighted by atomic mass is 10.1. The zero-order valence-corrected chi connectivity index (χ0v) is 11.6. The van der Waals surface area contributed by atoms with Crippen molar-refractivity contribution in [3.63, 3.8) is 0 Å². The fraction of sp³-hybridized carbons (Fsp3) is 0.538. The van der Waals surface area contributed by atoms with E-state index in [4.69, 9.17) is 16.3 Å². The van der Waals surface area contributed by atoms with Crippen LogP contribution in [0.5, 0.6) is 0 Å². The average Bonchev–Trinajstić information content (AvgIpc) is 2.71. The quantitative estimate of drug-likeness (QED) is 0.804. The SMILES string of the molecule is COCC(Cl)CNCC1Cc2ccccc2S1. The number of rotatable bonds is 6. The van der Waals surface area contributed by atoms with Gasteiger partial charge in [0.1, 0.15) is 0 Å². The van der Waals surface area contributed by atoms with Gasteiger partial charge in [0.15, 0.2) is 0 Å². The van der Waals surface area contributed by atoms with Crippen LogP contribution in [-0.2, 0) is 11.2 Å². The van der Waals surface area contributed by atoms with Gasteiger partial charge in [0.05, 0.1) is 12.0 Å². The molecule has 0 amide bonds. The number of alkyl halides is 1. The Labute approximate surface area is 112 Å². The Hall–Kier alpha value is -0.220. The molecular weight excluding hydrogens is 254 g/mol. The normalized spacial score (nSPS) is 20.2. The van der Waals surface area contributed by atoms with Crippen molar-refractivity contribution >= 4 is 23.4 Å². The van der Waals surface area contributed by atoms with E-state index in [0.29, 0.717) is 11.9 Å². The lowest BCUT2D eigenvalue weighted by molar-refractivity contribution is 0.197. The van der Waals surface area contributed by atoms with Crippen molar-refractivity contribution < 1.29 is 4.74 Å². The molecule has 0 radical (unpaired) electrons. The summed E-state index contributed by atoms with van der Waals surface area (Å²) in [4.78, 5) is 1.43. The molecule has 0 saturated heterocycles. The Balaban J connectivity index is 1.70. The van der Waals surface area contributed by atoms with Crippen LogP contribution in [0.15, 0.2) is 29.2 Å². The van der Waals surface area contributed by atoms with Gasteiger partial charge in [-0.1, -0.05) is 18.2 Å². The van der Waals surface area contributed by atoms with E-state index < -0.39 is 0 Å². The number of hydrogen-bond acceptors (Lipinski definition) is 3. The number of methoxy groups -OCH3 is 1. The smallest absolute Gasteiger partial charge is 0.0693 e. The van der Waals surface area contributed by atoms with E-state index >= 15 is 0 Å². The van der Waals surface area contributed by atoms with Crippen LogP contribution in [0.1, 0.15) is 5.56 Å². The first kappa shape index (κ1) is 13.2. The van der Waals surface area contributed by atoms with E-state index in [0.717, 1.165) is 19.5 Å². The Morgan fingerprint density at radius 2 is 2.35 bits per heavy atom. The first-order valence-electron chi connectivity index (χ1n) is 5.88. The van der Waals surface area contributed by atoms with E-state index in [1.807, 2.05) is 11.8 Å². The Morgan fingerprint density at radius 1 is 1.53 bits per heavy atom. The van der Waals surface area contributed by atoms with Gasteiger partial charge < -0.3 is 10.1 Å². The molecule has 1 aliphatic heterocycles. The third kappa shape index (κ3) is 3.88. The molecule has 1 aromatic carbocycles. The molecule has 0 spiro atoms. The molecule has 4 heteroatoms. The second kappa shape index (κ2) is 6.64. The highest BCUT2D eigenvalue weighted by atomic mass is 35.5. The minimum atomic E-state index is 0.0637. The summed E-state index contributed by atoms with van der Waals surface area (Å²) in [6, 6.07) is 8.64. The number of benzene rings is 1. The van der Waals surface area contributed by atoms with Gasteiger partial charge in [0.2, 0.25) is 0 Å². The van der Waals surface area contributed by atoms with Crippen LogP contribution in [0.25, 0.3) is 0 Å². The first-order chi connectivity index (χ1) is 8.29. The summed E-state index contributed by atoms with van der Waals surface area (Å²) >= 11 is 8.03. The summed E-state index contributed by atoms with van der Waals surface area (Å²) in [7, 11) is 1.68. The molecule has 17 heavy (non-hydrogen) atoms. The van der Waals surface area contributed by atoms with E-state index in [2.05, 4.69) is 29.6 Å². The molecule has 1 heterocycles. The third-order valence-electron chi connectivity index (χ3n) is 2.80. The van der Waals surface area contributed by atoms with Crippen molar-refractivity contribution in [2.45, 2.75) is 21.9 Å². The minimum absolute atomic E-state index is 0.0637. The number of thioether (sulfide) groups is 1. The highest BCUT2D eigenvalue weighted by molar-refractivity contribution is 8.00. The second-order valence-corrected chi connectivity index (χ2v) is 6.22. The number of fused-ring (bicyclic) bond motifs is 1. The standard InChI is InChI=1S/C13H18ClNOS/c1-16-9-11(14)7-15-8-12-6-10-4-2-3-5-13(10)17-12/h2-5,11-12,15H,6-9H2,1H3. The van der Waals surface area contributed by atoms with Crippen molar-refractivity contribution in [2.24, 2.45) is 0 Å². The Bertz CT molecular complexity index is 336. The number of nitrogens with one attached hydrogen (secondary N) is 1. The van der Waals surface area contributed by atoms with E-state index in [1.165, 1.54) is 10.5 Å². The highest BCUT2D eigenvalue weighted by Crippen LogP contribution is 2.36. The molecule has 0 aromatic heterocycles. The van der Waals surface area contributed by atoms with E-state index in [9.17, 15) is 0 Å². The largest absolute Gasteiger partial charge is 0.383 e. The predicted molar refractivity (Wildman–Crippen MR) is 74.2 cm³/mol. The van der Waals surface area contributed by atoms with Crippen LogP contribution in [0.4, 0.5) is 0 Å². The summed E-state index contributed by atoms with van der Waals surface area (Å²) < 4.78 is 5.00. The number of hydrogen-bond donors (Lipinski definition) is 1. The minimum Gasteiger partial charge on any atom is -0.383 e. The zero-order valence-electron chi connectivity index (χ0n) is 9.99. The topological polar surface area (TPSA) is 21.3 Å². The van der Waals surface area contributed by atoms with Crippen molar-refractivity contribution in [3.05, 3.63) is 29.8 Å². The van der Waals surface area contributed by atoms with Crippen molar-refractivity contribution in [1.82, 2.24) is 5.32 Å². The summed E-state index contributed by atoms with van der Waals surface area (Å²) in [6.07, 6.45) is 1.16. The molecule has 1 N–H and O–H groups in total. The number of ether oxygens (including phenoxy) is 1. The maximum absolute atomic E-state index is 6.06. The van der Waals surface area contributed by atoms with Crippen molar-refractivity contribution in [1.29, 1.82) is 0 Å². The lowest BCUT2D eigenvalue weighted by Crippen LogP contribution is -2.31. The molecule has 2 nitrogen and oxygen atoms in total. The molecule has 2 rings (SSSR count). The van der Waals surface area contributed by atoms with Crippen LogP contribution in [0.2, 0.25) is 0 Å². The first-order valence-corrected chi connectivity index (χ1v) is 7.19. The maximum atomic E-state index is 6.06. The predicted octanol–water partition coefficient (Wildman–Crippen LogP) is 2.55. The highest BCUT2D eigenvalue weighted by Gasteiger charge is 2.21. The number of halogens is 1. The molecular formula is C13H18ClNOS. The van der Waals surface area contributed by atoms with Gasteiger partial charge in [-0.2, -0.15) is 0 Å². The summed E-state index contributed by atoms with van der Waals surface area (Å²) in [5.41, 5.74) is 1.48.